The lowest BCUT2D eigenvalue weighted by molar-refractivity contribution is -0.926. The molecule has 1 atom stereocenters. The van der Waals surface area contributed by atoms with Gasteiger partial charge in [0, 0.05) is 15.6 Å². The summed E-state index contributed by atoms with van der Waals surface area (Å²) >= 11 is 12.5. The molecule has 0 radical (unpaired) electrons. The molecule has 3 aromatic rings. The molecule has 0 spiro atoms. The third-order valence-electron chi connectivity index (χ3n) is 4.91. The second kappa shape index (κ2) is 7.83. The van der Waals surface area contributed by atoms with E-state index in [-0.39, 0.29) is 12.1 Å². The van der Waals surface area contributed by atoms with E-state index < -0.39 is 5.69 Å². The number of benzene rings is 2. The van der Waals surface area contributed by atoms with Crippen LogP contribution in [0.15, 0.2) is 58.1 Å². The maximum atomic E-state index is 12.4. The summed E-state index contributed by atoms with van der Waals surface area (Å²) in [7, 11) is 0. The molecule has 8 heteroatoms. The summed E-state index contributed by atoms with van der Waals surface area (Å²) in [5, 5.41) is 4.55. The Kier molecular flexibility index (Phi) is 5.26. The van der Waals surface area contributed by atoms with Gasteiger partial charge in [0.25, 0.3) is 5.56 Å². The van der Waals surface area contributed by atoms with Crippen LogP contribution in [0, 0.1) is 0 Å². The third kappa shape index (κ3) is 3.71. The zero-order valence-corrected chi connectivity index (χ0v) is 16.5. The number of aromatic amines is 1. The Morgan fingerprint density at radius 2 is 1.61 bits per heavy atom. The van der Waals surface area contributed by atoms with E-state index in [2.05, 4.69) is 10.3 Å². The van der Waals surface area contributed by atoms with E-state index >= 15 is 0 Å². The molecule has 6 nitrogen and oxygen atoms in total. The summed E-state index contributed by atoms with van der Waals surface area (Å²) in [6.07, 6.45) is 0. The van der Waals surface area contributed by atoms with Crippen LogP contribution in [-0.4, -0.2) is 16.2 Å². The highest BCUT2D eigenvalue weighted by molar-refractivity contribution is 6.31. The van der Waals surface area contributed by atoms with Gasteiger partial charge in [-0.25, -0.2) is 4.79 Å². The molecule has 1 aliphatic rings. The minimum Gasteiger partial charge on any atom is -0.324 e. The Bertz CT molecular complexity index is 1140. The lowest BCUT2D eigenvalue weighted by atomic mass is 10.1. The smallest absolute Gasteiger partial charge is 0.324 e. The topological polar surface area (TPSA) is 71.3 Å². The zero-order valence-electron chi connectivity index (χ0n) is 15.0. The first-order valence-electron chi connectivity index (χ1n) is 8.93. The average Bonchev–Trinajstić information content (AvgIpc) is 2.68. The van der Waals surface area contributed by atoms with E-state index in [1.165, 1.54) is 4.57 Å². The Hall–Kier alpha value is -2.54. The van der Waals surface area contributed by atoms with Crippen molar-refractivity contribution in [3.05, 3.63) is 96.1 Å². The summed E-state index contributed by atoms with van der Waals surface area (Å²) < 4.78 is 1.53. The van der Waals surface area contributed by atoms with Gasteiger partial charge >= 0.3 is 5.69 Å². The monoisotopic (exact) mass is 417 g/mol. The molecule has 1 aliphatic heterocycles. The number of halogens is 2. The summed E-state index contributed by atoms with van der Waals surface area (Å²) in [5.41, 5.74) is 1.57. The molecule has 0 saturated heterocycles. The second-order valence-electron chi connectivity index (χ2n) is 6.81. The zero-order chi connectivity index (χ0) is 19.7. The van der Waals surface area contributed by atoms with Crippen LogP contribution in [0.25, 0.3) is 0 Å². The van der Waals surface area contributed by atoms with Crippen LogP contribution in [0.4, 0.5) is 5.82 Å². The Labute approximate surface area is 171 Å². The van der Waals surface area contributed by atoms with Gasteiger partial charge in [0.1, 0.15) is 24.5 Å². The van der Waals surface area contributed by atoms with Crippen molar-refractivity contribution in [2.24, 2.45) is 0 Å². The van der Waals surface area contributed by atoms with Crippen molar-refractivity contribution in [2.45, 2.75) is 19.6 Å². The molecule has 0 amide bonds. The van der Waals surface area contributed by atoms with Gasteiger partial charge in [-0.05, 0) is 17.7 Å². The van der Waals surface area contributed by atoms with E-state index in [1.807, 2.05) is 42.5 Å². The van der Waals surface area contributed by atoms with Gasteiger partial charge in [0.2, 0.25) is 0 Å². The fraction of sp³-hybridized carbons (Fsp3) is 0.200. The van der Waals surface area contributed by atoms with Gasteiger partial charge in [0.15, 0.2) is 6.67 Å². The fourth-order valence-electron chi connectivity index (χ4n) is 3.48. The van der Waals surface area contributed by atoms with Crippen LogP contribution >= 0.6 is 23.2 Å². The van der Waals surface area contributed by atoms with Crippen LogP contribution in [0.1, 0.15) is 16.7 Å². The van der Waals surface area contributed by atoms with Crippen LogP contribution in [0.2, 0.25) is 10.0 Å². The summed E-state index contributed by atoms with van der Waals surface area (Å²) in [6, 6.07) is 15.0. The molecule has 2 aromatic carbocycles. The largest absolute Gasteiger partial charge is 0.330 e. The van der Waals surface area contributed by atoms with Crippen molar-refractivity contribution in [3.63, 3.8) is 0 Å². The molecule has 2 heterocycles. The first kappa shape index (κ1) is 18.8. The van der Waals surface area contributed by atoms with Crippen molar-refractivity contribution < 1.29 is 4.90 Å². The maximum Gasteiger partial charge on any atom is 0.330 e. The van der Waals surface area contributed by atoms with Gasteiger partial charge in [0.05, 0.1) is 6.54 Å². The minimum atomic E-state index is -0.453. The van der Waals surface area contributed by atoms with Crippen molar-refractivity contribution in [1.29, 1.82) is 0 Å². The fourth-order valence-corrected chi connectivity index (χ4v) is 3.88. The predicted molar refractivity (Wildman–Crippen MR) is 110 cm³/mol. The van der Waals surface area contributed by atoms with Crippen molar-refractivity contribution in [1.82, 2.24) is 9.55 Å². The van der Waals surface area contributed by atoms with Crippen LogP contribution in [0.3, 0.4) is 0 Å². The number of hydrogen-bond acceptors (Lipinski definition) is 3. The highest BCUT2D eigenvalue weighted by Crippen LogP contribution is 2.19. The van der Waals surface area contributed by atoms with E-state index in [0.29, 0.717) is 41.2 Å². The number of nitrogens with one attached hydrogen (secondary N) is 3. The van der Waals surface area contributed by atoms with Crippen LogP contribution < -0.4 is 21.5 Å². The number of rotatable bonds is 4. The SMILES string of the molecule is O=c1[nH]c(=O)n(Cc2ccccc2Cl)c2c1C[NH+](Cc1ccccc1Cl)CN2. The van der Waals surface area contributed by atoms with Gasteiger partial charge in [-0.2, -0.15) is 0 Å². The number of fused-ring (bicyclic) bond motifs is 1. The number of nitrogens with zero attached hydrogens (tertiary/aromatic N) is 1. The highest BCUT2D eigenvalue weighted by Gasteiger charge is 2.26. The molecule has 28 heavy (non-hydrogen) atoms. The molecule has 0 aliphatic carbocycles. The van der Waals surface area contributed by atoms with Gasteiger partial charge in [-0.1, -0.05) is 59.6 Å². The number of H-pyrrole nitrogens is 1. The third-order valence-corrected chi connectivity index (χ3v) is 5.65. The molecule has 1 aromatic heterocycles. The normalized spacial score (nSPS) is 15.7. The standard InChI is InChI=1S/C20H18Cl2N4O2/c21-16-7-3-1-5-13(16)9-25-11-15-18(23-12-25)26(20(28)24-19(15)27)10-14-6-2-4-8-17(14)22/h1-8,23H,9-12H2,(H,24,27,28)/p+1. The van der Waals surface area contributed by atoms with E-state index in [4.69, 9.17) is 23.2 Å². The number of hydrogen-bond donors (Lipinski definition) is 3. The lowest BCUT2D eigenvalue weighted by Gasteiger charge is -2.28. The molecular formula is C20H19Cl2N4O2+. The molecule has 0 saturated carbocycles. The second-order valence-corrected chi connectivity index (χ2v) is 7.63. The van der Waals surface area contributed by atoms with Gasteiger partial charge in [-0.3, -0.25) is 14.3 Å². The molecule has 1 unspecified atom stereocenters. The predicted octanol–water partition coefficient (Wildman–Crippen LogP) is 1.86. The van der Waals surface area contributed by atoms with Gasteiger partial charge in [-0.15, -0.1) is 0 Å². The molecule has 4 rings (SSSR count). The van der Waals surface area contributed by atoms with Crippen molar-refractivity contribution >= 4 is 29.0 Å². The van der Waals surface area contributed by atoms with Crippen molar-refractivity contribution in [3.8, 4) is 0 Å². The molecule has 144 valence electrons. The summed E-state index contributed by atoms with van der Waals surface area (Å²) in [5.74, 6) is 0.552. The minimum absolute atomic E-state index is 0.282. The summed E-state index contributed by atoms with van der Waals surface area (Å²) in [4.78, 5) is 28.5. The van der Waals surface area contributed by atoms with E-state index in [0.717, 1.165) is 16.0 Å². The highest BCUT2D eigenvalue weighted by atomic mass is 35.5. The summed E-state index contributed by atoms with van der Waals surface area (Å²) in [6.45, 7) is 2.02. The van der Waals surface area contributed by atoms with Crippen molar-refractivity contribution in [2.75, 3.05) is 12.0 Å². The van der Waals surface area contributed by atoms with E-state index in [9.17, 15) is 9.59 Å². The number of anilines is 1. The Balaban J connectivity index is 1.65. The van der Waals surface area contributed by atoms with Gasteiger partial charge < -0.3 is 10.2 Å². The Morgan fingerprint density at radius 1 is 0.964 bits per heavy atom. The molecule has 0 fully saturated rings. The quantitative estimate of drug-likeness (QED) is 0.606. The Morgan fingerprint density at radius 3 is 2.29 bits per heavy atom. The van der Waals surface area contributed by atoms with Crippen LogP contribution in [-0.2, 0) is 19.6 Å². The number of aromatic nitrogens is 2. The van der Waals surface area contributed by atoms with Crippen LogP contribution in [0.5, 0.6) is 0 Å². The average molecular weight is 418 g/mol. The van der Waals surface area contributed by atoms with E-state index in [1.54, 1.807) is 6.07 Å². The molecule has 3 N–H and O–H groups in total. The first-order valence-corrected chi connectivity index (χ1v) is 9.69. The lowest BCUT2D eigenvalue weighted by Crippen LogP contribution is -3.11. The number of quaternary nitrogens is 1. The first-order chi connectivity index (χ1) is 13.5. The molecular weight excluding hydrogens is 399 g/mol. The molecule has 0 bridgehead atoms. The maximum absolute atomic E-state index is 12.4.